The quantitative estimate of drug-likeness (QED) is 0.869. The Kier molecular flexibility index (Phi) is 4.23. The van der Waals surface area contributed by atoms with Gasteiger partial charge in [-0.25, -0.2) is 0 Å². The summed E-state index contributed by atoms with van der Waals surface area (Å²) in [7, 11) is 1.40. The predicted molar refractivity (Wildman–Crippen MR) is 81.0 cm³/mol. The van der Waals surface area contributed by atoms with Gasteiger partial charge in [0, 0.05) is 28.4 Å². The molecule has 0 unspecified atom stereocenters. The molecule has 4 heteroatoms. The van der Waals surface area contributed by atoms with Gasteiger partial charge in [0.2, 0.25) is 0 Å². The molecule has 20 heavy (non-hydrogen) atoms. The normalized spacial score (nSPS) is 10.8. The maximum Gasteiger partial charge on any atom is 0.310 e. The summed E-state index contributed by atoms with van der Waals surface area (Å²) in [5, 5.41) is 4.47. The number of ether oxygens (including phenoxy) is 1. The van der Waals surface area contributed by atoms with Crippen molar-refractivity contribution in [2.75, 3.05) is 12.4 Å². The molecule has 0 radical (unpaired) electrons. The minimum Gasteiger partial charge on any atom is -0.469 e. The molecule has 0 amide bonds. The van der Waals surface area contributed by atoms with Gasteiger partial charge in [0.05, 0.1) is 19.0 Å². The molecule has 0 bridgehead atoms. The zero-order valence-electron chi connectivity index (χ0n) is 12.4. The minimum atomic E-state index is -0.253. The van der Waals surface area contributed by atoms with E-state index in [1.54, 1.807) is 0 Å². The Morgan fingerprint density at radius 2 is 2.05 bits per heavy atom. The molecule has 1 aromatic heterocycles. The van der Waals surface area contributed by atoms with Gasteiger partial charge in [-0.2, -0.15) is 0 Å². The Labute approximate surface area is 119 Å². The molecule has 0 aliphatic heterocycles. The zero-order chi connectivity index (χ0) is 14.7. The molecule has 0 aliphatic rings. The first-order chi connectivity index (χ1) is 9.52. The molecular weight excluding hydrogens is 252 g/mol. The number of esters is 1. The van der Waals surface area contributed by atoms with Crippen molar-refractivity contribution >= 4 is 22.6 Å². The molecule has 1 heterocycles. The number of rotatable bonds is 4. The Balaban J connectivity index is 2.63. The standard InChI is InChI=1S/C16H20N2O2/c1-10(2)17-16-12-7-5-6-8-14(12)18-11(3)13(16)9-15(19)20-4/h5-8,10H,9H2,1-4H3,(H,17,18). The number of methoxy groups -OCH3 is 1. The third-order valence-corrected chi connectivity index (χ3v) is 3.18. The van der Waals surface area contributed by atoms with Crippen LogP contribution in [0, 0.1) is 6.92 Å². The van der Waals surface area contributed by atoms with Gasteiger partial charge in [0.25, 0.3) is 0 Å². The number of aryl methyl sites for hydroxylation is 1. The second-order valence-electron chi connectivity index (χ2n) is 5.12. The van der Waals surface area contributed by atoms with Crippen LogP contribution in [0.3, 0.4) is 0 Å². The van der Waals surface area contributed by atoms with E-state index in [9.17, 15) is 4.79 Å². The molecule has 2 aromatic rings. The highest BCUT2D eigenvalue weighted by Crippen LogP contribution is 2.29. The van der Waals surface area contributed by atoms with Gasteiger partial charge in [0.1, 0.15) is 0 Å². The van der Waals surface area contributed by atoms with Gasteiger partial charge in [0.15, 0.2) is 0 Å². The van der Waals surface area contributed by atoms with Crippen molar-refractivity contribution in [1.29, 1.82) is 0 Å². The van der Waals surface area contributed by atoms with Crippen LogP contribution in [-0.2, 0) is 16.0 Å². The van der Waals surface area contributed by atoms with Crippen LogP contribution in [0.25, 0.3) is 10.9 Å². The average Bonchev–Trinajstić information content (AvgIpc) is 2.41. The summed E-state index contributed by atoms with van der Waals surface area (Å²) in [6.45, 7) is 6.08. The number of hydrogen-bond donors (Lipinski definition) is 1. The van der Waals surface area contributed by atoms with Gasteiger partial charge in [-0.1, -0.05) is 18.2 Å². The lowest BCUT2D eigenvalue weighted by molar-refractivity contribution is -0.139. The smallest absolute Gasteiger partial charge is 0.310 e. The summed E-state index contributed by atoms with van der Waals surface area (Å²) in [6.07, 6.45) is 0.231. The van der Waals surface area contributed by atoms with Gasteiger partial charge < -0.3 is 10.1 Å². The van der Waals surface area contributed by atoms with Gasteiger partial charge in [-0.3, -0.25) is 9.78 Å². The highest BCUT2D eigenvalue weighted by Gasteiger charge is 2.16. The van der Waals surface area contributed by atoms with Crippen LogP contribution in [0.1, 0.15) is 25.1 Å². The molecule has 1 aromatic carbocycles. The summed E-state index contributed by atoms with van der Waals surface area (Å²) >= 11 is 0. The fraction of sp³-hybridized carbons (Fsp3) is 0.375. The van der Waals surface area contributed by atoms with Gasteiger partial charge >= 0.3 is 5.97 Å². The second kappa shape index (κ2) is 5.90. The van der Waals surface area contributed by atoms with Crippen LogP contribution in [0.2, 0.25) is 0 Å². The lowest BCUT2D eigenvalue weighted by Gasteiger charge is -2.18. The van der Waals surface area contributed by atoms with Crippen LogP contribution in [0.5, 0.6) is 0 Å². The Morgan fingerprint density at radius 1 is 1.35 bits per heavy atom. The number of nitrogens with zero attached hydrogens (tertiary/aromatic N) is 1. The first-order valence-corrected chi connectivity index (χ1v) is 6.74. The van der Waals surface area contributed by atoms with Gasteiger partial charge in [-0.15, -0.1) is 0 Å². The third-order valence-electron chi connectivity index (χ3n) is 3.18. The van der Waals surface area contributed by atoms with E-state index in [4.69, 9.17) is 4.74 Å². The molecule has 106 valence electrons. The lowest BCUT2D eigenvalue weighted by atomic mass is 10.0. The second-order valence-corrected chi connectivity index (χ2v) is 5.12. The minimum absolute atomic E-state index is 0.231. The highest BCUT2D eigenvalue weighted by atomic mass is 16.5. The van der Waals surface area contributed by atoms with Crippen LogP contribution in [0.4, 0.5) is 5.69 Å². The number of anilines is 1. The van der Waals surface area contributed by atoms with E-state index in [-0.39, 0.29) is 18.4 Å². The monoisotopic (exact) mass is 272 g/mol. The van der Waals surface area contributed by atoms with Crippen molar-refractivity contribution in [1.82, 2.24) is 4.98 Å². The molecule has 0 aliphatic carbocycles. The molecule has 0 fully saturated rings. The zero-order valence-corrected chi connectivity index (χ0v) is 12.4. The van der Waals surface area contributed by atoms with Gasteiger partial charge in [-0.05, 0) is 26.8 Å². The number of carbonyl (C=O) groups excluding carboxylic acids is 1. The van der Waals surface area contributed by atoms with Crippen molar-refractivity contribution in [3.63, 3.8) is 0 Å². The molecule has 0 spiro atoms. The molecule has 2 rings (SSSR count). The number of hydrogen-bond acceptors (Lipinski definition) is 4. The van der Waals surface area contributed by atoms with E-state index in [1.807, 2.05) is 31.2 Å². The lowest BCUT2D eigenvalue weighted by Crippen LogP contribution is -2.16. The van der Waals surface area contributed by atoms with E-state index in [2.05, 4.69) is 24.1 Å². The highest BCUT2D eigenvalue weighted by molar-refractivity contribution is 5.95. The van der Waals surface area contributed by atoms with Crippen molar-refractivity contribution in [2.24, 2.45) is 0 Å². The predicted octanol–water partition coefficient (Wildman–Crippen LogP) is 3.08. The molecule has 1 N–H and O–H groups in total. The number of para-hydroxylation sites is 1. The van der Waals surface area contributed by atoms with Crippen LogP contribution < -0.4 is 5.32 Å². The van der Waals surface area contributed by atoms with Crippen molar-refractivity contribution in [2.45, 2.75) is 33.2 Å². The number of carbonyl (C=O) groups is 1. The van der Waals surface area contributed by atoms with Crippen molar-refractivity contribution in [3.05, 3.63) is 35.5 Å². The topological polar surface area (TPSA) is 51.2 Å². The maximum atomic E-state index is 11.6. The molecular formula is C16H20N2O2. The first kappa shape index (κ1) is 14.3. The Hall–Kier alpha value is -2.10. The van der Waals surface area contributed by atoms with E-state index in [0.717, 1.165) is 27.8 Å². The fourth-order valence-electron chi connectivity index (χ4n) is 2.26. The summed E-state index contributed by atoms with van der Waals surface area (Å²) in [4.78, 5) is 16.2. The maximum absolute atomic E-state index is 11.6. The largest absolute Gasteiger partial charge is 0.469 e. The molecule has 0 atom stereocenters. The Morgan fingerprint density at radius 3 is 2.70 bits per heavy atom. The Bertz CT molecular complexity index is 636. The van der Waals surface area contributed by atoms with Crippen LogP contribution in [0.15, 0.2) is 24.3 Å². The van der Waals surface area contributed by atoms with Crippen LogP contribution >= 0.6 is 0 Å². The number of nitrogens with one attached hydrogen (secondary N) is 1. The summed E-state index contributed by atoms with van der Waals surface area (Å²) < 4.78 is 4.79. The van der Waals surface area contributed by atoms with E-state index >= 15 is 0 Å². The van der Waals surface area contributed by atoms with E-state index in [0.29, 0.717) is 0 Å². The summed E-state index contributed by atoms with van der Waals surface area (Å²) in [5.74, 6) is -0.253. The summed E-state index contributed by atoms with van der Waals surface area (Å²) in [5.41, 5.74) is 3.68. The summed E-state index contributed by atoms with van der Waals surface area (Å²) in [6, 6.07) is 8.22. The first-order valence-electron chi connectivity index (χ1n) is 6.74. The molecule has 0 saturated carbocycles. The van der Waals surface area contributed by atoms with Crippen molar-refractivity contribution in [3.8, 4) is 0 Å². The number of benzene rings is 1. The van der Waals surface area contributed by atoms with E-state index < -0.39 is 0 Å². The third kappa shape index (κ3) is 2.90. The van der Waals surface area contributed by atoms with Crippen LogP contribution in [-0.4, -0.2) is 24.1 Å². The van der Waals surface area contributed by atoms with E-state index in [1.165, 1.54) is 7.11 Å². The number of aromatic nitrogens is 1. The number of fused-ring (bicyclic) bond motifs is 1. The number of pyridine rings is 1. The average molecular weight is 272 g/mol. The fourth-order valence-corrected chi connectivity index (χ4v) is 2.26. The SMILES string of the molecule is COC(=O)Cc1c(C)nc2ccccc2c1NC(C)C. The molecule has 0 saturated heterocycles. The molecule has 4 nitrogen and oxygen atoms in total. The van der Waals surface area contributed by atoms with Crippen molar-refractivity contribution < 1.29 is 9.53 Å².